The number of guanidine groups is 1. The Morgan fingerprint density at radius 3 is 2.81 bits per heavy atom. The van der Waals surface area contributed by atoms with Crippen LogP contribution in [0.15, 0.2) is 23.2 Å². The minimum atomic E-state index is -0.559. The van der Waals surface area contributed by atoms with Crippen LogP contribution in [0.4, 0.5) is 0 Å². The molecule has 3 N–H and O–H groups in total. The van der Waals surface area contributed by atoms with Gasteiger partial charge in [-0.15, -0.1) is 0 Å². The first-order valence-electron chi connectivity index (χ1n) is 7.24. The van der Waals surface area contributed by atoms with Gasteiger partial charge in [-0.2, -0.15) is 0 Å². The third-order valence-corrected chi connectivity index (χ3v) is 3.99. The number of ether oxygens (including phenoxy) is 2. The lowest BCUT2D eigenvalue weighted by Crippen LogP contribution is -2.50. The largest absolute Gasteiger partial charge is 0.454 e. The molecular formula is C15H21N3O3. The number of nitrogens with zero attached hydrogens (tertiary/aromatic N) is 1. The van der Waals surface area contributed by atoms with E-state index in [0.717, 1.165) is 36.3 Å². The Morgan fingerprint density at radius 1 is 1.29 bits per heavy atom. The van der Waals surface area contributed by atoms with Crippen molar-refractivity contribution in [2.75, 3.05) is 20.4 Å². The first-order chi connectivity index (χ1) is 10.2. The van der Waals surface area contributed by atoms with E-state index in [0.29, 0.717) is 19.0 Å². The molecule has 1 saturated carbocycles. The van der Waals surface area contributed by atoms with Gasteiger partial charge in [0.2, 0.25) is 6.79 Å². The van der Waals surface area contributed by atoms with E-state index in [2.05, 4.69) is 15.6 Å². The van der Waals surface area contributed by atoms with Crippen LogP contribution in [0.25, 0.3) is 0 Å². The summed E-state index contributed by atoms with van der Waals surface area (Å²) < 4.78 is 10.6. The molecule has 0 aromatic heterocycles. The van der Waals surface area contributed by atoms with Gasteiger partial charge in [0, 0.05) is 20.1 Å². The molecule has 0 amide bonds. The van der Waals surface area contributed by atoms with Crippen LogP contribution in [-0.4, -0.2) is 37.1 Å². The summed E-state index contributed by atoms with van der Waals surface area (Å²) in [4.78, 5) is 4.16. The predicted molar refractivity (Wildman–Crippen MR) is 79.6 cm³/mol. The molecule has 1 heterocycles. The van der Waals surface area contributed by atoms with Crippen LogP contribution in [-0.2, 0) is 6.54 Å². The third kappa shape index (κ3) is 3.21. The van der Waals surface area contributed by atoms with Crippen molar-refractivity contribution in [2.45, 2.75) is 31.4 Å². The summed E-state index contributed by atoms with van der Waals surface area (Å²) >= 11 is 0. The van der Waals surface area contributed by atoms with Crippen LogP contribution in [0.5, 0.6) is 11.5 Å². The summed E-state index contributed by atoms with van der Waals surface area (Å²) in [6, 6.07) is 5.86. The van der Waals surface area contributed by atoms with Crippen LogP contribution in [0.1, 0.15) is 24.8 Å². The Hall–Kier alpha value is -1.95. The second kappa shape index (κ2) is 5.81. The minimum Gasteiger partial charge on any atom is -0.454 e. The van der Waals surface area contributed by atoms with E-state index in [1.165, 1.54) is 0 Å². The Balaban J connectivity index is 1.51. The predicted octanol–water partition coefficient (Wildman–Crippen LogP) is 0.995. The van der Waals surface area contributed by atoms with E-state index in [1.54, 1.807) is 7.05 Å². The Kier molecular flexibility index (Phi) is 3.88. The summed E-state index contributed by atoms with van der Waals surface area (Å²) in [5.41, 5.74) is 0.528. The van der Waals surface area contributed by atoms with Crippen LogP contribution < -0.4 is 20.1 Å². The van der Waals surface area contributed by atoms with E-state index >= 15 is 0 Å². The SMILES string of the molecule is CN=C(NCc1ccc2c(c1)OCO2)NCC1(O)CCC1. The number of hydrogen-bond acceptors (Lipinski definition) is 4. The standard InChI is InChI=1S/C15H21N3O3/c1-16-14(18-9-15(19)5-2-6-15)17-8-11-3-4-12-13(7-11)21-10-20-12/h3-4,7,19H,2,5-6,8-10H2,1H3,(H2,16,17,18). The number of fused-ring (bicyclic) bond motifs is 1. The molecule has 6 heteroatoms. The number of benzene rings is 1. The molecule has 3 rings (SSSR count). The fraction of sp³-hybridized carbons (Fsp3) is 0.533. The van der Waals surface area contributed by atoms with E-state index in [4.69, 9.17) is 9.47 Å². The van der Waals surface area contributed by atoms with Crippen LogP contribution in [0.3, 0.4) is 0 Å². The summed E-state index contributed by atoms with van der Waals surface area (Å²) in [5, 5.41) is 16.5. The van der Waals surface area contributed by atoms with Crippen molar-refractivity contribution in [3.05, 3.63) is 23.8 Å². The lowest BCUT2D eigenvalue weighted by molar-refractivity contribution is -0.0279. The van der Waals surface area contributed by atoms with Gasteiger partial charge >= 0.3 is 0 Å². The van der Waals surface area contributed by atoms with Crippen molar-refractivity contribution < 1.29 is 14.6 Å². The van der Waals surface area contributed by atoms with Gasteiger partial charge in [0.1, 0.15) is 0 Å². The summed E-state index contributed by atoms with van der Waals surface area (Å²) in [7, 11) is 1.72. The number of aliphatic imine (C=N–C) groups is 1. The fourth-order valence-electron chi connectivity index (χ4n) is 2.47. The quantitative estimate of drug-likeness (QED) is 0.570. The highest BCUT2D eigenvalue weighted by Gasteiger charge is 2.34. The average Bonchev–Trinajstić information content (AvgIpc) is 2.93. The van der Waals surface area contributed by atoms with Crippen molar-refractivity contribution in [3.8, 4) is 11.5 Å². The Bertz CT molecular complexity index is 541. The second-order valence-electron chi connectivity index (χ2n) is 5.54. The van der Waals surface area contributed by atoms with Crippen LogP contribution in [0, 0.1) is 0 Å². The van der Waals surface area contributed by atoms with Gasteiger partial charge in [0.05, 0.1) is 5.60 Å². The molecule has 0 unspecified atom stereocenters. The minimum absolute atomic E-state index is 0.286. The molecule has 1 aliphatic heterocycles. The molecule has 0 radical (unpaired) electrons. The van der Waals surface area contributed by atoms with Gasteiger partial charge < -0.3 is 25.2 Å². The molecule has 2 aliphatic rings. The van der Waals surface area contributed by atoms with Crippen molar-refractivity contribution >= 4 is 5.96 Å². The van der Waals surface area contributed by atoms with Crippen molar-refractivity contribution in [1.29, 1.82) is 0 Å². The van der Waals surface area contributed by atoms with E-state index in [1.807, 2.05) is 18.2 Å². The first kappa shape index (κ1) is 14.0. The molecule has 1 fully saturated rings. The van der Waals surface area contributed by atoms with E-state index < -0.39 is 5.60 Å². The molecule has 0 saturated heterocycles. The molecule has 0 atom stereocenters. The topological polar surface area (TPSA) is 75.1 Å². The highest BCUT2D eigenvalue weighted by Crippen LogP contribution is 2.32. The smallest absolute Gasteiger partial charge is 0.231 e. The van der Waals surface area contributed by atoms with Gasteiger partial charge in [-0.3, -0.25) is 4.99 Å². The Labute approximate surface area is 124 Å². The number of nitrogens with one attached hydrogen (secondary N) is 2. The van der Waals surface area contributed by atoms with Gasteiger partial charge in [-0.05, 0) is 37.0 Å². The molecule has 21 heavy (non-hydrogen) atoms. The number of hydrogen-bond donors (Lipinski definition) is 3. The van der Waals surface area contributed by atoms with Crippen molar-refractivity contribution in [1.82, 2.24) is 10.6 Å². The zero-order chi connectivity index (χ0) is 14.7. The van der Waals surface area contributed by atoms with E-state index in [9.17, 15) is 5.11 Å². The van der Waals surface area contributed by atoms with Crippen molar-refractivity contribution in [2.24, 2.45) is 4.99 Å². The summed E-state index contributed by atoms with van der Waals surface area (Å²) in [6.07, 6.45) is 2.82. The molecule has 1 aromatic rings. The number of aliphatic hydroxyl groups is 1. The van der Waals surface area contributed by atoms with Gasteiger partial charge in [0.25, 0.3) is 0 Å². The molecule has 1 aromatic carbocycles. The maximum atomic E-state index is 10.1. The highest BCUT2D eigenvalue weighted by atomic mass is 16.7. The summed E-state index contributed by atoms with van der Waals surface area (Å²) in [5.74, 6) is 2.25. The summed E-state index contributed by atoms with van der Waals surface area (Å²) in [6.45, 7) is 1.45. The lowest BCUT2D eigenvalue weighted by atomic mass is 9.80. The van der Waals surface area contributed by atoms with Gasteiger partial charge in [0.15, 0.2) is 17.5 Å². The second-order valence-corrected chi connectivity index (χ2v) is 5.54. The van der Waals surface area contributed by atoms with Crippen molar-refractivity contribution in [3.63, 3.8) is 0 Å². The Morgan fingerprint density at radius 2 is 2.10 bits per heavy atom. The maximum Gasteiger partial charge on any atom is 0.231 e. The van der Waals surface area contributed by atoms with Crippen LogP contribution in [0.2, 0.25) is 0 Å². The zero-order valence-electron chi connectivity index (χ0n) is 12.2. The molecule has 1 aliphatic carbocycles. The first-order valence-corrected chi connectivity index (χ1v) is 7.24. The maximum absolute atomic E-state index is 10.1. The van der Waals surface area contributed by atoms with E-state index in [-0.39, 0.29) is 6.79 Å². The van der Waals surface area contributed by atoms with Crippen LogP contribution >= 0.6 is 0 Å². The fourth-order valence-corrected chi connectivity index (χ4v) is 2.47. The molecule has 114 valence electrons. The zero-order valence-corrected chi connectivity index (χ0v) is 12.2. The monoisotopic (exact) mass is 291 g/mol. The number of rotatable bonds is 4. The molecule has 6 nitrogen and oxygen atoms in total. The molecular weight excluding hydrogens is 270 g/mol. The van der Waals surface area contributed by atoms with Gasteiger partial charge in [-0.1, -0.05) is 6.07 Å². The van der Waals surface area contributed by atoms with Gasteiger partial charge in [-0.25, -0.2) is 0 Å². The molecule has 0 bridgehead atoms. The lowest BCUT2D eigenvalue weighted by Gasteiger charge is -2.36. The highest BCUT2D eigenvalue weighted by molar-refractivity contribution is 5.79. The third-order valence-electron chi connectivity index (χ3n) is 3.99. The normalized spacial score (nSPS) is 19.0. The average molecular weight is 291 g/mol. The molecule has 0 spiro atoms.